The van der Waals surface area contributed by atoms with E-state index in [-0.39, 0.29) is 5.91 Å². The molecular formula is C22H24ClN5O2S. The number of hydrogen-bond acceptors (Lipinski definition) is 7. The van der Waals surface area contributed by atoms with Crippen molar-refractivity contribution < 1.29 is 9.53 Å². The number of hydrogen-bond donors (Lipinski definition) is 0. The van der Waals surface area contributed by atoms with Crippen molar-refractivity contribution in [1.29, 1.82) is 0 Å². The van der Waals surface area contributed by atoms with E-state index in [2.05, 4.69) is 25.8 Å². The van der Waals surface area contributed by atoms with Gasteiger partial charge in [-0.05, 0) is 23.8 Å². The van der Waals surface area contributed by atoms with E-state index in [1.807, 2.05) is 29.2 Å². The van der Waals surface area contributed by atoms with Crippen LogP contribution in [0.15, 0.2) is 36.7 Å². The lowest BCUT2D eigenvalue weighted by atomic mass is 10.2. The standard InChI is InChI=1S/C22H24ClN5O2S/c23-17-3-1-16(2-4-17)19-13-18-21(31-19)22(25-15-24-18)28-7-5-26(6-8-28)14-20(29)27-9-11-30-12-10-27/h1-4,13,15H,5-12,14H2. The van der Waals surface area contributed by atoms with E-state index < -0.39 is 0 Å². The van der Waals surface area contributed by atoms with E-state index >= 15 is 0 Å². The van der Waals surface area contributed by atoms with Crippen LogP contribution >= 0.6 is 22.9 Å². The van der Waals surface area contributed by atoms with Gasteiger partial charge in [-0.3, -0.25) is 9.69 Å². The van der Waals surface area contributed by atoms with Gasteiger partial charge in [-0.25, -0.2) is 9.97 Å². The highest BCUT2D eigenvalue weighted by Gasteiger charge is 2.25. The van der Waals surface area contributed by atoms with Gasteiger partial charge >= 0.3 is 0 Å². The summed E-state index contributed by atoms with van der Waals surface area (Å²) in [6, 6.07) is 10.00. The molecule has 0 N–H and O–H groups in total. The van der Waals surface area contributed by atoms with Crippen molar-refractivity contribution >= 4 is 44.9 Å². The number of nitrogens with zero attached hydrogens (tertiary/aromatic N) is 5. The third kappa shape index (κ3) is 4.52. The first-order chi connectivity index (χ1) is 15.2. The highest BCUT2D eigenvalue weighted by molar-refractivity contribution is 7.22. The molecule has 0 aliphatic carbocycles. The summed E-state index contributed by atoms with van der Waals surface area (Å²) in [5, 5.41) is 0.732. The summed E-state index contributed by atoms with van der Waals surface area (Å²) in [5.41, 5.74) is 2.09. The number of amides is 1. The van der Waals surface area contributed by atoms with Crippen LogP contribution in [0.1, 0.15) is 0 Å². The molecule has 0 unspecified atom stereocenters. The van der Waals surface area contributed by atoms with Gasteiger partial charge in [0.1, 0.15) is 12.1 Å². The van der Waals surface area contributed by atoms with Crippen molar-refractivity contribution in [1.82, 2.24) is 19.8 Å². The number of carbonyl (C=O) groups is 1. The second kappa shape index (κ2) is 9.08. The Bertz CT molecular complexity index is 1060. The van der Waals surface area contributed by atoms with Crippen LogP contribution in [0.5, 0.6) is 0 Å². The van der Waals surface area contributed by atoms with Crippen molar-refractivity contribution in [3.05, 3.63) is 41.7 Å². The normalized spacial score (nSPS) is 18.0. The molecule has 3 aromatic rings. The molecular weight excluding hydrogens is 434 g/mol. The van der Waals surface area contributed by atoms with Crippen LogP contribution in [0.25, 0.3) is 20.7 Å². The number of benzene rings is 1. The van der Waals surface area contributed by atoms with E-state index in [1.54, 1.807) is 17.7 Å². The molecule has 0 saturated carbocycles. The number of anilines is 1. The van der Waals surface area contributed by atoms with Crippen LogP contribution < -0.4 is 4.90 Å². The van der Waals surface area contributed by atoms with Crippen LogP contribution in [-0.4, -0.2) is 84.7 Å². The summed E-state index contributed by atoms with van der Waals surface area (Å²) in [5.74, 6) is 1.18. The number of fused-ring (bicyclic) bond motifs is 1. The summed E-state index contributed by atoms with van der Waals surface area (Å²) in [6.45, 7) is 6.54. The van der Waals surface area contributed by atoms with Gasteiger partial charge in [0.15, 0.2) is 0 Å². The van der Waals surface area contributed by atoms with Crippen molar-refractivity contribution in [3.63, 3.8) is 0 Å². The molecule has 5 rings (SSSR count). The molecule has 1 aromatic carbocycles. The van der Waals surface area contributed by atoms with E-state index in [0.717, 1.165) is 57.7 Å². The average molecular weight is 458 g/mol. The SMILES string of the molecule is O=C(CN1CCN(c2ncnc3cc(-c4ccc(Cl)cc4)sc23)CC1)N1CCOCC1. The lowest BCUT2D eigenvalue weighted by Gasteiger charge is -2.36. The predicted molar refractivity (Wildman–Crippen MR) is 124 cm³/mol. The fraction of sp³-hybridized carbons (Fsp3) is 0.409. The maximum atomic E-state index is 12.5. The third-order valence-corrected chi connectivity index (χ3v) is 7.24. The molecule has 9 heteroatoms. The number of ether oxygens (including phenoxy) is 1. The van der Waals surface area contributed by atoms with Crippen molar-refractivity contribution in [3.8, 4) is 10.4 Å². The molecule has 0 spiro atoms. The lowest BCUT2D eigenvalue weighted by Crippen LogP contribution is -2.51. The first-order valence-corrected chi connectivity index (χ1v) is 11.7. The minimum atomic E-state index is 0.201. The largest absolute Gasteiger partial charge is 0.378 e. The summed E-state index contributed by atoms with van der Waals surface area (Å²) in [6.07, 6.45) is 1.64. The number of carbonyl (C=O) groups excluding carboxylic acids is 1. The number of rotatable bonds is 4. The third-order valence-electron chi connectivity index (χ3n) is 5.82. The fourth-order valence-corrected chi connectivity index (χ4v) is 5.31. The monoisotopic (exact) mass is 457 g/mol. The first-order valence-electron chi connectivity index (χ1n) is 10.5. The van der Waals surface area contributed by atoms with Gasteiger partial charge in [-0.15, -0.1) is 11.3 Å². The Kier molecular flexibility index (Phi) is 6.04. The van der Waals surface area contributed by atoms with Gasteiger partial charge in [0.25, 0.3) is 0 Å². The van der Waals surface area contributed by atoms with Crippen LogP contribution in [0, 0.1) is 0 Å². The number of piperazine rings is 1. The van der Waals surface area contributed by atoms with Gasteiger partial charge in [0.05, 0.1) is 30.0 Å². The van der Waals surface area contributed by atoms with Crippen LogP contribution in [0.3, 0.4) is 0 Å². The van der Waals surface area contributed by atoms with Crippen LogP contribution in [0.4, 0.5) is 5.82 Å². The molecule has 1 amide bonds. The highest BCUT2D eigenvalue weighted by atomic mass is 35.5. The Balaban J connectivity index is 1.27. The molecule has 2 aliphatic heterocycles. The van der Waals surface area contributed by atoms with E-state index in [4.69, 9.17) is 16.3 Å². The molecule has 2 aromatic heterocycles. The second-order valence-electron chi connectivity index (χ2n) is 7.79. The van der Waals surface area contributed by atoms with Crippen LogP contribution in [0.2, 0.25) is 5.02 Å². The molecule has 2 saturated heterocycles. The molecule has 0 bridgehead atoms. The zero-order chi connectivity index (χ0) is 21.2. The topological polar surface area (TPSA) is 61.8 Å². The quantitative estimate of drug-likeness (QED) is 0.600. The van der Waals surface area contributed by atoms with Gasteiger partial charge in [0, 0.05) is 49.2 Å². The van der Waals surface area contributed by atoms with Crippen molar-refractivity contribution in [2.75, 3.05) is 63.9 Å². The zero-order valence-electron chi connectivity index (χ0n) is 17.2. The Labute approximate surface area is 190 Å². The van der Waals surface area contributed by atoms with E-state index in [1.165, 1.54) is 0 Å². The molecule has 7 nitrogen and oxygen atoms in total. The lowest BCUT2D eigenvalue weighted by molar-refractivity contribution is -0.136. The molecule has 2 fully saturated rings. The summed E-state index contributed by atoms with van der Waals surface area (Å²) < 4.78 is 6.44. The predicted octanol–water partition coefficient (Wildman–Crippen LogP) is 2.99. The molecule has 2 aliphatic rings. The van der Waals surface area contributed by atoms with Crippen molar-refractivity contribution in [2.24, 2.45) is 0 Å². The molecule has 4 heterocycles. The molecule has 0 radical (unpaired) electrons. The Morgan fingerprint density at radius 2 is 1.77 bits per heavy atom. The molecule has 31 heavy (non-hydrogen) atoms. The Morgan fingerprint density at radius 3 is 2.52 bits per heavy atom. The van der Waals surface area contributed by atoms with Gasteiger partial charge in [0.2, 0.25) is 5.91 Å². The first kappa shape index (κ1) is 20.6. The van der Waals surface area contributed by atoms with E-state index in [9.17, 15) is 4.79 Å². The molecule has 0 atom stereocenters. The number of aromatic nitrogens is 2. The smallest absolute Gasteiger partial charge is 0.236 e. The summed E-state index contributed by atoms with van der Waals surface area (Å²) in [4.78, 5) is 29.2. The Hall–Kier alpha value is -2.26. The number of halogens is 1. The Morgan fingerprint density at radius 1 is 1.03 bits per heavy atom. The van der Waals surface area contributed by atoms with Gasteiger partial charge < -0.3 is 14.5 Å². The van der Waals surface area contributed by atoms with Gasteiger partial charge in [-0.1, -0.05) is 23.7 Å². The highest BCUT2D eigenvalue weighted by Crippen LogP contribution is 2.37. The zero-order valence-corrected chi connectivity index (χ0v) is 18.7. The summed E-state index contributed by atoms with van der Waals surface area (Å²) in [7, 11) is 0. The minimum Gasteiger partial charge on any atom is -0.378 e. The second-order valence-corrected chi connectivity index (χ2v) is 9.27. The van der Waals surface area contributed by atoms with Gasteiger partial charge in [-0.2, -0.15) is 0 Å². The maximum Gasteiger partial charge on any atom is 0.236 e. The van der Waals surface area contributed by atoms with E-state index in [0.29, 0.717) is 32.8 Å². The minimum absolute atomic E-state index is 0.201. The average Bonchev–Trinajstić information content (AvgIpc) is 3.25. The summed E-state index contributed by atoms with van der Waals surface area (Å²) >= 11 is 7.74. The van der Waals surface area contributed by atoms with Crippen LogP contribution in [-0.2, 0) is 9.53 Å². The maximum absolute atomic E-state index is 12.5. The fourth-order valence-electron chi connectivity index (χ4n) is 4.05. The van der Waals surface area contributed by atoms with Crippen molar-refractivity contribution in [2.45, 2.75) is 0 Å². The number of thiophene rings is 1. The molecule has 162 valence electrons. The number of morpholine rings is 1.